The van der Waals surface area contributed by atoms with Crippen molar-refractivity contribution in [3.63, 3.8) is 0 Å². The highest BCUT2D eigenvalue weighted by molar-refractivity contribution is 7.89. The zero-order chi connectivity index (χ0) is 18.6. The van der Waals surface area contributed by atoms with E-state index in [2.05, 4.69) is 15.0 Å². The van der Waals surface area contributed by atoms with E-state index in [-0.39, 0.29) is 10.8 Å². The third kappa shape index (κ3) is 4.46. The van der Waals surface area contributed by atoms with Gasteiger partial charge in [-0.15, -0.1) is 11.3 Å². The van der Waals surface area contributed by atoms with Crippen molar-refractivity contribution >= 4 is 37.5 Å². The normalized spacial score (nSPS) is 11.6. The van der Waals surface area contributed by atoms with E-state index in [0.717, 1.165) is 20.8 Å². The van der Waals surface area contributed by atoms with E-state index in [4.69, 9.17) is 0 Å². The molecule has 0 bridgehead atoms. The minimum Gasteiger partial charge on any atom is -0.350 e. The van der Waals surface area contributed by atoms with Crippen molar-refractivity contribution in [2.24, 2.45) is 0 Å². The molecule has 0 saturated heterocycles. The molecule has 0 radical (unpaired) electrons. The molecule has 0 spiro atoms. The van der Waals surface area contributed by atoms with E-state index in [0.29, 0.717) is 19.4 Å². The summed E-state index contributed by atoms with van der Waals surface area (Å²) in [5.74, 6) is -0.0591. The first-order valence-corrected chi connectivity index (χ1v) is 10.4. The lowest BCUT2D eigenvalue weighted by molar-refractivity contribution is -0.121. The van der Waals surface area contributed by atoms with Gasteiger partial charge < -0.3 is 5.32 Å². The molecule has 0 unspecified atom stereocenters. The van der Waals surface area contributed by atoms with Crippen LogP contribution in [0.3, 0.4) is 0 Å². The van der Waals surface area contributed by atoms with Gasteiger partial charge in [-0.2, -0.15) is 0 Å². The molecule has 0 aliphatic carbocycles. The average Bonchev–Trinajstić information content (AvgIpc) is 3.08. The Morgan fingerprint density at radius 1 is 1.12 bits per heavy atom. The van der Waals surface area contributed by atoms with E-state index in [1.165, 1.54) is 7.05 Å². The zero-order valence-electron chi connectivity index (χ0n) is 14.2. The number of para-hydroxylation sites is 1. The molecule has 0 aliphatic rings. The minimum absolute atomic E-state index is 0.0591. The summed E-state index contributed by atoms with van der Waals surface area (Å²) in [5.41, 5.74) is 1.86. The number of thiazole rings is 1. The van der Waals surface area contributed by atoms with E-state index < -0.39 is 10.0 Å². The molecular weight excluding hydrogens is 370 g/mol. The second kappa shape index (κ2) is 7.94. The van der Waals surface area contributed by atoms with Gasteiger partial charge in [-0.05, 0) is 43.3 Å². The van der Waals surface area contributed by atoms with Crippen LogP contribution in [0.5, 0.6) is 0 Å². The Morgan fingerprint density at radius 2 is 1.85 bits per heavy atom. The van der Waals surface area contributed by atoms with Crippen molar-refractivity contribution in [1.82, 2.24) is 15.0 Å². The molecule has 6 nitrogen and oxygen atoms in total. The Morgan fingerprint density at radius 3 is 2.54 bits per heavy atom. The van der Waals surface area contributed by atoms with Crippen LogP contribution in [-0.4, -0.2) is 26.4 Å². The first-order valence-electron chi connectivity index (χ1n) is 8.11. The Kier molecular flexibility index (Phi) is 5.65. The standard InChI is InChI=1S/C18H19N3O3S2/c1-19-26(23,24)14-9-6-13(7-10-14)8-11-17(22)20-12-18-21-15-4-2-3-5-16(15)25-18/h2-7,9-10,19H,8,11-12H2,1H3,(H,20,22). The smallest absolute Gasteiger partial charge is 0.240 e. The third-order valence-corrected chi connectivity index (χ3v) is 6.38. The largest absolute Gasteiger partial charge is 0.350 e. The molecule has 1 heterocycles. The van der Waals surface area contributed by atoms with Crippen LogP contribution in [0.2, 0.25) is 0 Å². The molecule has 26 heavy (non-hydrogen) atoms. The van der Waals surface area contributed by atoms with Crippen molar-refractivity contribution in [2.75, 3.05) is 7.05 Å². The molecule has 2 aromatic carbocycles. The number of carbonyl (C=O) groups is 1. The van der Waals surface area contributed by atoms with Crippen LogP contribution in [0.25, 0.3) is 10.2 Å². The zero-order valence-corrected chi connectivity index (χ0v) is 15.9. The number of benzene rings is 2. The maximum Gasteiger partial charge on any atom is 0.240 e. The maximum absolute atomic E-state index is 12.0. The molecule has 0 aliphatic heterocycles. The molecule has 136 valence electrons. The van der Waals surface area contributed by atoms with Crippen molar-refractivity contribution in [2.45, 2.75) is 24.3 Å². The summed E-state index contributed by atoms with van der Waals surface area (Å²) in [7, 11) is -2.06. The van der Waals surface area contributed by atoms with Crippen LogP contribution in [0.1, 0.15) is 17.0 Å². The fraction of sp³-hybridized carbons (Fsp3) is 0.222. The fourth-order valence-corrected chi connectivity index (χ4v) is 4.11. The summed E-state index contributed by atoms with van der Waals surface area (Å²) in [6.07, 6.45) is 0.884. The molecule has 3 rings (SSSR count). The van der Waals surface area contributed by atoms with Gasteiger partial charge in [-0.3, -0.25) is 4.79 Å². The van der Waals surface area contributed by atoms with Crippen molar-refractivity contribution in [3.8, 4) is 0 Å². The second-order valence-electron chi connectivity index (χ2n) is 5.70. The summed E-state index contributed by atoms with van der Waals surface area (Å²) in [4.78, 5) is 16.7. The fourth-order valence-electron chi connectivity index (χ4n) is 2.47. The van der Waals surface area contributed by atoms with Gasteiger partial charge in [0.15, 0.2) is 0 Å². The number of hydrogen-bond donors (Lipinski definition) is 2. The molecule has 2 N–H and O–H groups in total. The van der Waals surface area contributed by atoms with E-state index in [1.807, 2.05) is 24.3 Å². The molecule has 3 aromatic rings. The highest BCUT2D eigenvalue weighted by atomic mass is 32.2. The van der Waals surface area contributed by atoms with Gasteiger partial charge in [-0.25, -0.2) is 18.1 Å². The molecule has 0 atom stereocenters. The summed E-state index contributed by atoms with van der Waals surface area (Å²) in [6.45, 7) is 0.414. The van der Waals surface area contributed by atoms with Crippen molar-refractivity contribution < 1.29 is 13.2 Å². The SMILES string of the molecule is CNS(=O)(=O)c1ccc(CCC(=O)NCc2nc3ccccc3s2)cc1. The Balaban J connectivity index is 1.51. The molecule has 1 aromatic heterocycles. The number of rotatable bonds is 7. The monoisotopic (exact) mass is 389 g/mol. The number of aromatic nitrogens is 1. The quantitative estimate of drug-likeness (QED) is 0.650. The first-order chi connectivity index (χ1) is 12.5. The number of amides is 1. The Bertz CT molecular complexity index is 979. The lowest BCUT2D eigenvalue weighted by Gasteiger charge is -2.05. The second-order valence-corrected chi connectivity index (χ2v) is 8.71. The molecular formula is C18H19N3O3S2. The number of carbonyl (C=O) groups excluding carboxylic acids is 1. The highest BCUT2D eigenvalue weighted by Crippen LogP contribution is 2.21. The van der Waals surface area contributed by atoms with Crippen LogP contribution in [0, 0.1) is 0 Å². The number of nitrogens with one attached hydrogen (secondary N) is 2. The average molecular weight is 390 g/mol. The minimum atomic E-state index is -3.43. The summed E-state index contributed by atoms with van der Waals surface area (Å²) < 4.78 is 26.7. The maximum atomic E-state index is 12.0. The van der Waals surface area contributed by atoms with Crippen LogP contribution in [0.4, 0.5) is 0 Å². The van der Waals surface area contributed by atoms with Crippen LogP contribution in [0.15, 0.2) is 53.4 Å². The highest BCUT2D eigenvalue weighted by Gasteiger charge is 2.11. The summed E-state index contributed by atoms with van der Waals surface area (Å²) in [6, 6.07) is 14.4. The van der Waals surface area contributed by atoms with Crippen molar-refractivity contribution in [1.29, 1.82) is 0 Å². The van der Waals surface area contributed by atoms with Gasteiger partial charge in [-0.1, -0.05) is 24.3 Å². The van der Waals surface area contributed by atoms with Gasteiger partial charge in [0.25, 0.3) is 0 Å². The van der Waals surface area contributed by atoms with E-state index in [1.54, 1.807) is 35.6 Å². The van der Waals surface area contributed by atoms with Gasteiger partial charge >= 0.3 is 0 Å². The number of nitrogens with zero attached hydrogens (tertiary/aromatic N) is 1. The van der Waals surface area contributed by atoms with Gasteiger partial charge in [0.05, 0.1) is 21.7 Å². The summed E-state index contributed by atoms with van der Waals surface area (Å²) >= 11 is 1.57. The topological polar surface area (TPSA) is 88.2 Å². The van der Waals surface area contributed by atoms with Gasteiger partial charge in [0.1, 0.15) is 5.01 Å². The van der Waals surface area contributed by atoms with Gasteiger partial charge in [0.2, 0.25) is 15.9 Å². The molecule has 0 saturated carbocycles. The first kappa shape index (κ1) is 18.5. The lowest BCUT2D eigenvalue weighted by Crippen LogP contribution is -2.23. The number of aryl methyl sites for hydroxylation is 1. The van der Waals surface area contributed by atoms with E-state index >= 15 is 0 Å². The number of hydrogen-bond acceptors (Lipinski definition) is 5. The molecule has 0 fully saturated rings. The predicted molar refractivity (Wildman–Crippen MR) is 102 cm³/mol. The van der Waals surface area contributed by atoms with Gasteiger partial charge in [0, 0.05) is 6.42 Å². The van der Waals surface area contributed by atoms with Crippen LogP contribution < -0.4 is 10.0 Å². The Hall–Kier alpha value is -2.29. The predicted octanol–water partition coefficient (Wildman–Crippen LogP) is 2.45. The van der Waals surface area contributed by atoms with Crippen LogP contribution >= 0.6 is 11.3 Å². The lowest BCUT2D eigenvalue weighted by atomic mass is 10.1. The number of sulfonamides is 1. The molecule has 1 amide bonds. The van der Waals surface area contributed by atoms with E-state index in [9.17, 15) is 13.2 Å². The Labute approximate surface area is 156 Å². The molecule has 8 heteroatoms. The summed E-state index contributed by atoms with van der Waals surface area (Å²) in [5, 5.41) is 3.75. The van der Waals surface area contributed by atoms with Crippen molar-refractivity contribution in [3.05, 3.63) is 59.1 Å². The van der Waals surface area contributed by atoms with Crippen LogP contribution in [-0.2, 0) is 27.8 Å². The number of fused-ring (bicyclic) bond motifs is 1. The third-order valence-electron chi connectivity index (χ3n) is 3.92.